The van der Waals surface area contributed by atoms with E-state index < -0.39 is 0 Å². The first-order chi connectivity index (χ1) is 15.0. The van der Waals surface area contributed by atoms with Crippen LogP contribution in [0.15, 0.2) is 58.7 Å². The van der Waals surface area contributed by atoms with Gasteiger partial charge in [0.05, 0.1) is 0 Å². The van der Waals surface area contributed by atoms with Gasteiger partial charge in [-0.1, -0.05) is 68.7 Å². The molecule has 0 amide bonds. The zero-order valence-corrected chi connectivity index (χ0v) is 22.1. The fourth-order valence-electron chi connectivity index (χ4n) is 3.84. The Bertz CT molecular complexity index is 735. The molecule has 2 heteroatoms. The minimum Gasteiger partial charge on any atom is -0.295 e. The topological polar surface area (TPSA) is 34.1 Å². The normalized spacial score (nSPS) is 16.2. The van der Waals surface area contributed by atoms with Crippen molar-refractivity contribution in [2.45, 2.75) is 113 Å². The maximum absolute atomic E-state index is 11.5. The third-order valence-electron chi connectivity index (χ3n) is 5.73. The van der Waals surface area contributed by atoms with Gasteiger partial charge in [0.1, 0.15) is 0 Å². The number of rotatable bonds is 11. The summed E-state index contributed by atoms with van der Waals surface area (Å²) in [6, 6.07) is 0. The summed E-state index contributed by atoms with van der Waals surface area (Å²) < 4.78 is 0. The second kappa shape index (κ2) is 16.6. The molecule has 1 aliphatic rings. The quantitative estimate of drug-likeness (QED) is 0.182. The lowest BCUT2D eigenvalue weighted by Crippen LogP contribution is -2.19. The predicted molar refractivity (Wildman–Crippen MR) is 141 cm³/mol. The van der Waals surface area contributed by atoms with E-state index in [1.165, 1.54) is 41.6 Å². The molecule has 0 bridgehead atoms. The van der Waals surface area contributed by atoms with E-state index in [1.54, 1.807) is 12.2 Å². The van der Waals surface area contributed by atoms with E-state index in [9.17, 15) is 9.59 Å². The Morgan fingerprint density at radius 2 is 1.53 bits per heavy atom. The van der Waals surface area contributed by atoms with Crippen LogP contribution in [-0.2, 0) is 9.59 Å². The standard InChI is InChI=1S/2C15H24O/c1-5-7-13(16)9-10-14-12(2)8-6-11-15(14,3)4;1-5-8-15(16)12-7-11-14(4)10-6-9-13(2)3/h9-10H,5-8,11H2,1-4H3;7,9,11-12H,5-6,8,10H2,1-4H3. The monoisotopic (exact) mass is 440 g/mol. The molecule has 0 aliphatic heterocycles. The van der Waals surface area contributed by atoms with Crippen LogP contribution in [0.25, 0.3) is 0 Å². The number of carbonyl (C=O) groups is 2. The third kappa shape index (κ3) is 14.2. The molecule has 0 saturated heterocycles. The summed E-state index contributed by atoms with van der Waals surface area (Å²) in [5, 5.41) is 0. The Morgan fingerprint density at radius 3 is 2.06 bits per heavy atom. The minimum absolute atomic E-state index is 0.218. The van der Waals surface area contributed by atoms with Crippen molar-refractivity contribution in [1.82, 2.24) is 0 Å². The summed E-state index contributed by atoms with van der Waals surface area (Å²) in [7, 11) is 0. The number of allylic oxidation sites excluding steroid dienone is 10. The zero-order valence-electron chi connectivity index (χ0n) is 22.1. The Kier molecular flexibility index (Phi) is 15.6. The molecule has 0 N–H and O–H groups in total. The largest absolute Gasteiger partial charge is 0.295 e. The molecule has 180 valence electrons. The molecule has 0 spiro atoms. The summed E-state index contributed by atoms with van der Waals surface area (Å²) in [5.41, 5.74) is 5.75. The van der Waals surface area contributed by atoms with Gasteiger partial charge in [-0.2, -0.15) is 0 Å². The molecule has 0 unspecified atom stereocenters. The van der Waals surface area contributed by atoms with Gasteiger partial charge in [0, 0.05) is 12.8 Å². The highest BCUT2D eigenvalue weighted by atomic mass is 16.1. The molecule has 1 rings (SSSR count). The Labute approximate surface area is 198 Å². The second-order valence-corrected chi connectivity index (χ2v) is 9.89. The molecule has 2 nitrogen and oxygen atoms in total. The Morgan fingerprint density at radius 1 is 0.938 bits per heavy atom. The molecular formula is C30H48O2. The molecule has 0 aromatic heterocycles. The number of ketones is 2. The Hall–Kier alpha value is -1.96. The Balaban J connectivity index is 0.000000601. The second-order valence-electron chi connectivity index (χ2n) is 9.89. The van der Waals surface area contributed by atoms with Crippen LogP contribution >= 0.6 is 0 Å². The molecular weight excluding hydrogens is 392 g/mol. The van der Waals surface area contributed by atoms with Gasteiger partial charge in [-0.3, -0.25) is 9.59 Å². The third-order valence-corrected chi connectivity index (χ3v) is 5.73. The summed E-state index contributed by atoms with van der Waals surface area (Å²) in [6.45, 7) is 17.1. The van der Waals surface area contributed by atoms with Crippen molar-refractivity contribution in [2.24, 2.45) is 5.41 Å². The van der Waals surface area contributed by atoms with E-state index in [1.807, 2.05) is 26.0 Å². The van der Waals surface area contributed by atoms with Gasteiger partial charge < -0.3 is 0 Å². The van der Waals surface area contributed by atoms with E-state index >= 15 is 0 Å². The maximum atomic E-state index is 11.5. The van der Waals surface area contributed by atoms with Crippen LogP contribution in [0.2, 0.25) is 0 Å². The number of carbonyl (C=O) groups excluding carboxylic acids is 2. The molecule has 0 heterocycles. The van der Waals surface area contributed by atoms with Gasteiger partial charge in [0.15, 0.2) is 11.6 Å². The van der Waals surface area contributed by atoms with Crippen LogP contribution in [0.5, 0.6) is 0 Å². The first-order valence-electron chi connectivity index (χ1n) is 12.4. The van der Waals surface area contributed by atoms with Crippen LogP contribution in [-0.4, -0.2) is 11.6 Å². The van der Waals surface area contributed by atoms with Crippen molar-refractivity contribution in [3.05, 3.63) is 58.7 Å². The van der Waals surface area contributed by atoms with Gasteiger partial charge >= 0.3 is 0 Å². The molecule has 0 radical (unpaired) electrons. The molecule has 0 fully saturated rings. The van der Waals surface area contributed by atoms with Gasteiger partial charge in [-0.25, -0.2) is 0 Å². The summed E-state index contributed by atoms with van der Waals surface area (Å²) in [6.07, 6.45) is 20.7. The number of hydrogen-bond donors (Lipinski definition) is 0. The lowest BCUT2D eigenvalue weighted by Gasteiger charge is -2.32. The van der Waals surface area contributed by atoms with E-state index in [2.05, 4.69) is 53.7 Å². The highest BCUT2D eigenvalue weighted by Gasteiger charge is 2.26. The molecule has 0 saturated carbocycles. The average Bonchev–Trinajstić information content (AvgIpc) is 2.68. The van der Waals surface area contributed by atoms with Crippen LogP contribution in [0, 0.1) is 5.41 Å². The van der Waals surface area contributed by atoms with Crippen molar-refractivity contribution in [3.63, 3.8) is 0 Å². The van der Waals surface area contributed by atoms with Gasteiger partial charge in [0.25, 0.3) is 0 Å². The fourth-order valence-corrected chi connectivity index (χ4v) is 3.84. The maximum Gasteiger partial charge on any atom is 0.155 e. The fraction of sp³-hybridized carbons (Fsp3) is 0.600. The molecule has 0 aromatic carbocycles. The van der Waals surface area contributed by atoms with Crippen LogP contribution in [0.1, 0.15) is 113 Å². The SMILES string of the molecule is CCCC(=O)C=CC1=C(C)CCCC1(C)C.CCCC(=O)C=CC=C(C)CCC=C(C)C. The van der Waals surface area contributed by atoms with E-state index in [0.29, 0.717) is 12.8 Å². The summed E-state index contributed by atoms with van der Waals surface area (Å²) in [5.74, 6) is 0.472. The molecule has 0 aromatic rings. The predicted octanol–water partition coefficient (Wildman–Crippen LogP) is 9.04. The highest BCUT2D eigenvalue weighted by molar-refractivity contribution is 5.90. The summed E-state index contributed by atoms with van der Waals surface area (Å²) >= 11 is 0. The first-order valence-corrected chi connectivity index (χ1v) is 12.4. The van der Waals surface area contributed by atoms with E-state index in [4.69, 9.17) is 0 Å². The van der Waals surface area contributed by atoms with Crippen LogP contribution in [0.3, 0.4) is 0 Å². The number of hydrogen-bond acceptors (Lipinski definition) is 2. The minimum atomic E-state index is 0.218. The molecule has 32 heavy (non-hydrogen) atoms. The summed E-state index contributed by atoms with van der Waals surface area (Å²) in [4.78, 5) is 22.7. The van der Waals surface area contributed by atoms with Gasteiger partial charge in [0.2, 0.25) is 0 Å². The van der Waals surface area contributed by atoms with Crippen molar-refractivity contribution in [1.29, 1.82) is 0 Å². The van der Waals surface area contributed by atoms with Gasteiger partial charge in [-0.05, 0) is 95.8 Å². The van der Waals surface area contributed by atoms with Crippen molar-refractivity contribution < 1.29 is 9.59 Å². The van der Waals surface area contributed by atoms with Crippen molar-refractivity contribution in [3.8, 4) is 0 Å². The smallest absolute Gasteiger partial charge is 0.155 e. The van der Waals surface area contributed by atoms with Crippen LogP contribution < -0.4 is 0 Å². The van der Waals surface area contributed by atoms with E-state index in [0.717, 1.165) is 25.7 Å². The van der Waals surface area contributed by atoms with Crippen LogP contribution in [0.4, 0.5) is 0 Å². The lowest BCUT2D eigenvalue weighted by molar-refractivity contribution is -0.115. The highest BCUT2D eigenvalue weighted by Crippen LogP contribution is 2.40. The van der Waals surface area contributed by atoms with Crippen molar-refractivity contribution in [2.75, 3.05) is 0 Å². The lowest BCUT2D eigenvalue weighted by atomic mass is 9.72. The average molecular weight is 441 g/mol. The van der Waals surface area contributed by atoms with Gasteiger partial charge in [-0.15, -0.1) is 0 Å². The zero-order chi connectivity index (χ0) is 24.6. The first kappa shape index (κ1) is 30.0. The van der Waals surface area contributed by atoms with Crippen molar-refractivity contribution >= 4 is 11.6 Å². The molecule has 1 aliphatic carbocycles. The molecule has 0 atom stereocenters. The van der Waals surface area contributed by atoms with E-state index in [-0.39, 0.29) is 17.0 Å².